The number of carbonyl (C=O) groups excluding carboxylic acids is 1. The van der Waals surface area contributed by atoms with Crippen LogP contribution in [-0.2, 0) is 6.54 Å². The van der Waals surface area contributed by atoms with E-state index in [-0.39, 0.29) is 12.5 Å². The van der Waals surface area contributed by atoms with Crippen molar-refractivity contribution < 1.29 is 9.90 Å². The molecule has 0 atom stereocenters. The summed E-state index contributed by atoms with van der Waals surface area (Å²) in [4.78, 5) is 13.2. The molecule has 0 bridgehead atoms. The first-order valence-electron chi connectivity index (χ1n) is 6.31. The lowest BCUT2D eigenvalue weighted by atomic mass is 10.1. The zero-order chi connectivity index (χ0) is 13.4. The number of hydrogen-bond acceptors (Lipinski definition) is 3. The number of carbonyl (C=O) groups is 1. The highest BCUT2D eigenvalue weighted by atomic mass is 16.2. The van der Waals surface area contributed by atoms with Crippen LogP contribution in [0.2, 0.25) is 0 Å². The molecule has 100 valence electrons. The lowest BCUT2D eigenvalue weighted by Gasteiger charge is -2.16. The van der Waals surface area contributed by atoms with E-state index < -0.39 is 0 Å². The number of unbranched alkanes of at least 4 members (excludes halogenated alkanes) is 2. The fourth-order valence-corrected chi connectivity index (χ4v) is 1.84. The van der Waals surface area contributed by atoms with Crippen LogP contribution in [0.15, 0.2) is 24.3 Å². The van der Waals surface area contributed by atoms with Gasteiger partial charge in [-0.25, -0.2) is 0 Å². The van der Waals surface area contributed by atoms with Crippen molar-refractivity contribution in [2.24, 2.45) is 5.73 Å². The monoisotopic (exact) mass is 250 g/mol. The Morgan fingerprint density at radius 2 is 1.89 bits per heavy atom. The number of aliphatic hydroxyl groups excluding tert-OH is 1. The number of benzene rings is 1. The third kappa shape index (κ3) is 5.29. The zero-order valence-corrected chi connectivity index (χ0v) is 10.9. The Morgan fingerprint density at radius 1 is 1.22 bits per heavy atom. The summed E-state index contributed by atoms with van der Waals surface area (Å²) < 4.78 is 0. The largest absolute Gasteiger partial charge is 0.396 e. The maximum absolute atomic E-state index is 10.9. The van der Waals surface area contributed by atoms with E-state index in [4.69, 9.17) is 10.8 Å². The van der Waals surface area contributed by atoms with Crippen LogP contribution >= 0.6 is 0 Å². The molecule has 4 nitrogen and oxygen atoms in total. The molecule has 0 saturated heterocycles. The van der Waals surface area contributed by atoms with Crippen molar-refractivity contribution in [3.05, 3.63) is 35.4 Å². The molecular formula is C14H22N2O2. The molecule has 0 aliphatic heterocycles. The summed E-state index contributed by atoms with van der Waals surface area (Å²) in [5.41, 5.74) is 6.91. The van der Waals surface area contributed by atoms with Gasteiger partial charge in [0.15, 0.2) is 0 Å². The topological polar surface area (TPSA) is 66.6 Å². The second-order valence-corrected chi connectivity index (χ2v) is 4.58. The van der Waals surface area contributed by atoms with Crippen LogP contribution in [0.4, 0.5) is 0 Å². The molecule has 3 N–H and O–H groups in total. The molecule has 0 aromatic heterocycles. The van der Waals surface area contributed by atoms with E-state index in [1.54, 1.807) is 12.1 Å². The SMILES string of the molecule is CN(CCCCCO)Cc1ccc(C(N)=O)cc1. The van der Waals surface area contributed by atoms with E-state index in [1.165, 1.54) is 5.56 Å². The summed E-state index contributed by atoms with van der Waals surface area (Å²) in [6.45, 7) is 2.15. The van der Waals surface area contributed by atoms with Crippen LogP contribution in [0.1, 0.15) is 35.2 Å². The first kappa shape index (κ1) is 14.7. The van der Waals surface area contributed by atoms with E-state index in [1.807, 2.05) is 12.1 Å². The zero-order valence-electron chi connectivity index (χ0n) is 10.9. The third-order valence-electron chi connectivity index (χ3n) is 2.89. The van der Waals surface area contributed by atoms with Gasteiger partial charge in [-0.2, -0.15) is 0 Å². The fraction of sp³-hybridized carbons (Fsp3) is 0.500. The highest BCUT2D eigenvalue weighted by molar-refractivity contribution is 5.92. The van der Waals surface area contributed by atoms with Gasteiger partial charge in [-0.3, -0.25) is 4.79 Å². The minimum absolute atomic E-state index is 0.276. The highest BCUT2D eigenvalue weighted by Gasteiger charge is 2.02. The molecular weight excluding hydrogens is 228 g/mol. The van der Waals surface area contributed by atoms with Crippen LogP contribution in [-0.4, -0.2) is 36.1 Å². The number of primary amides is 1. The highest BCUT2D eigenvalue weighted by Crippen LogP contribution is 2.07. The molecule has 1 amide bonds. The molecule has 0 aliphatic carbocycles. The maximum atomic E-state index is 10.9. The maximum Gasteiger partial charge on any atom is 0.248 e. The third-order valence-corrected chi connectivity index (χ3v) is 2.89. The Balaban J connectivity index is 2.35. The average Bonchev–Trinajstić information content (AvgIpc) is 2.35. The number of aliphatic hydroxyl groups is 1. The van der Waals surface area contributed by atoms with Gasteiger partial charge >= 0.3 is 0 Å². The van der Waals surface area contributed by atoms with Gasteiger partial charge in [0.05, 0.1) is 0 Å². The number of amides is 1. The van der Waals surface area contributed by atoms with Gasteiger partial charge in [-0.1, -0.05) is 12.1 Å². The van der Waals surface area contributed by atoms with Gasteiger partial charge < -0.3 is 15.7 Å². The van der Waals surface area contributed by atoms with Gasteiger partial charge in [-0.05, 0) is 50.6 Å². The summed E-state index contributed by atoms with van der Waals surface area (Å²) in [5.74, 6) is -0.390. The van der Waals surface area contributed by atoms with E-state index in [0.29, 0.717) is 5.56 Å². The van der Waals surface area contributed by atoms with E-state index in [9.17, 15) is 4.79 Å². The number of nitrogens with two attached hydrogens (primary N) is 1. The fourth-order valence-electron chi connectivity index (χ4n) is 1.84. The first-order valence-corrected chi connectivity index (χ1v) is 6.31. The Bertz CT molecular complexity index is 363. The van der Waals surface area contributed by atoms with Gasteiger partial charge in [0.1, 0.15) is 0 Å². The summed E-state index contributed by atoms with van der Waals surface area (Å²) >= 11 is 0. The molecule has 1 rings (SSSR count). The predicted molar refractivity (Wildman–Crippen MR) is 72.2 cm³/mol. The van der Waals surface area contributed by atoms with E-state index in [0.717, 1.165) is 32.4 Å². The second-order valence-electron chi connectivity index (χ2n) is 4.58. The molecule has 0 unspecified atom stereocenters. The predicted octanol–water partition coefficient (Wildman–Crippen LogP) is 1.38. The van der Waals surface area contributed by atoms with Crippen molar-refractivity contribution in [3.63, 3.8) is 0 Å². The molecule has 0 fully saturated rings. The van der Waals surface area contributed by atoms with Crippen molar-refractivity contribution >= 4 is 5.91 Å². The van der Waals surface area contributed by atoms with Gasteiger partial charge in [0, 0.05) is 18.7 Å². The standard InChI is InChI=1S/C14H22N2O2/c1-16(9-3-2-4-10-17)11-12-5-7-13(8-6-12)14(15)18/h5-8,17H,2-4,9-11H2,1H3,(H2,15,18). The lowest BCUT2D eigenvalue weighted by Crippen LogP contribution is -2.19. The van der Waals surface area contributed by atoms with Crippen molar-refractivity contribution in [1.82, 2.24) is 4.90 Å². The van der Waals surface area contributed by atoms with Crippen LogP contribution in [0, 0.1) is 0 Å². The molecule has 0 heterocycles. The summed E-state index contributed by atoms with van der Waals surface area (Å²) in [6.07, 6.45) is 3.03. The van der Waals surface area contributed by atoms with Crippen LogP contribution in [0.5, 0.6) is 0 Å². The van der Waals surface area contributed by atoms with Gasteiger partial charge in [0.2, 0.25) is 5.91 Å². The van der Waals surface area contributed by atoms with Crippen LogP contribution < -0.4 is 5.73 Å². The number of rotatable bonds is 8. The van der Waals surface area contributed by atoms with E-state index in [2.05, 4.69) is 11.9 Å². The lowest BCUT2D eigenvalue weighted by molar-refractivity contribution is 0.100. The minimum atomic E-state index is -0.390. The Labute approximate surface area is 108 Å². The minimum Gasteiger partial charge on any atom is -0.396 e. The molecule has 18 heavy (non-hydrogen) atoms. The molecule has 4 heteroatoms. The molecule has 0 saturated carbocycles. The number of hydrogen-bond donors (Lipinski definition) is 2. The molecule has 1 aromatic carbocycles. The van der Waals surface area contributed by atoms with Gasteiger partial charge in [-0.15, -0.1) is 0 Å². The molecule has 1 aromatic rings. The average molecular weight is 250 g/mol. The molecule has 0 spiro atoms. The van der Waals surface area contributed by atoms with Gasteiger partial charge in [0.25, 0.3) is 0 Å². The second kappa shape index (κ2) is 7.84. The van der Waals surface area contributed by atoms with Crippen molar-refractivity contribution in [1.29, 1.82) is 0 Å². The summed E-state index contributed by atoms with van der Waals surface area (Å²) in [5, 5.41) is 8.69. The van der Waals surface area contributed by atoms with E-state index >= 15 is 0 Å². The smallest absolute Gasteiger partial charge is 0.248 e. The van der Waals surface area contributed by atoms with Crippen molar-refractivity contribution in [2.45, 2.75) is 25.8 Å². The Morgan fingerprint density at radius 3 is 2.44 bits per heavy atom. The molecule has 0 aliphatic rings. The summed E-state index contributed by atoms with van der Waals surface area (Å²) in [7, 11) is 2.07. The quantitative estimate of drug-likeness (QED) is 0.685. The normalized spacial score (nSPS) is 10.8. The van der Waals surface area contributed by atoms with Crippen molar-refractivity contribution in [3.8, 4) is 0 Å². The number of nitrogens with zero attached hydrogens (tertiary/aromatic N) is 1. The van der Waals surface area contributed by atoms with Crippen molar-refractivity contribution in [2.75, 3.05) is 20.2 Å². The first-order chi connectivity index (χ1) is 8.63. The summed E-state index contributed by atoms with van der Waals surface area (Å²) in [6, 6.07) is 7.39. The Hall–Kier alpha value is -1.39. The van der Waals surface area contributed by atoms with Crippen LogP contribution in [0.25, 0.3) is 0 Å². The Kier molecular flexibility index (Phi) is 6.39. The molecule has 0 radical (unpaired) electrons. The van der Waals surface area contributed by atoms with Crippen LogP contribution in [0.3, 0.4) is 0 Å².